The first-order chi connectivity index (χ1) is 9.25. The molecule has 2 fully saturated rings. The number of carbonyl (C=O) groups is 1. The topological polar surface area (TPSA) is 29.5 Å². The third kappa shape index (κ3) is 2.99. The highest BCUT2D eigenvalue weighted by Gasteiger charge is 2.43. The van der Waals surface area contributed by atoms with Gasteiger partial charge in [-0.1, -0.05) is 31.0 Å². The number of esters is 1. The molecule has 2 aliphatic rings. The van der Waals surface area contributed by atoms with E-state index in [2.05, 4.69) is 11.9 Å². The van der Waals surface area contributed by atoms with Crippen LogP contribution >= 0.6 is 12.4 Å². The van der Waals surface area contributed by atoms with E-state index in [1.54, 1.807) is 0 Å². The van der Waals surface area contributed by atoms with Gasteiger partial charge in [0.05, 0.1) is 0 Å². The first-order valence-corrected chi connectivity index (χ1v) is 7.24. The van der Waals surface area contributed by atoms with Crippen LogP contribution in [-0.2, 0) is 4.79 Å². The number of fused-ring (bicyclic) bond motifs is 1. The summed E-state index contributed by atoms with van der Waals surface area (Å²) in [7, 11) is 2.08. The molecule has 110 valence electrons. The second kappa shape index (κ2) is 6.59. The normalized spacial score (nSPS) is 29.4. The summed E-state index contributed by atoms with van der Waals surface area (Å²) in [6, 6.07) is 9.89. The summed E-state index contributed by atoms with van der Waals surface area (Å²) in [4.78, 5) is 14.5. The number of rotatable bonds is 2. The van der Waals surface area contributed by atoms with Gasteiger partial charge in [0.1, 0.15) is 11.8 Å². The van der Waals surface area contributed by atoms with Crippen molar-refractivity contribution in [3.05, 3.63) is 30.3 Å². The number of ether oxygens (including phenoxy) is 1. The van der Waals surface area contributed by atoms with Gasteiger partial charge in [-0.3, -0.25) is 4.90 Å². The van der Waals surface area contributed by atoms with Crippen molar-refractivity contribution >= 4 is 18.4 Å². The molecule has 1 aliphatic carbocycles. The molecule has 3 unspecified atom stereocenters. The Hall–Kier alpha value is -1.06. The second-order valence-corrected chi connectivity index (χ2v) is 5.76. The maximum atomic E-state index is 12.3. The van der Waals surface area contributed by atoms with Gasteiger partial charge in [-0.25, -0.2) is 4.79 Å². The molecule has 3 rings (SSSR count). The van der Waals surface area contributed by atoms with E-state index >= 15 is 0 Å². The summed E-state index contributed by atoms with van der Waals surface area (Å²) < 4.78 is 5.49. The molecule has 0 bridgehead atoms. The summed E-state index contributed by atoms with van der Waals surface area (Å²) in [6.07, 6.45) is 6.08. The monoisotopic (exact) mass is 295 g/mol. The van der Waals surface area contributed by atoms with Crippen molar-refractivity contribution in [3.8, 4) is 5.75 Å². The summed E-state index contributed by atoms with van der Waals surface area (Å²) in [5.74, 6) is 1.24. The zero-order valence-electron chi connectivity index (χ0n) is 11.8. The average molecular weight is 296 g/mol. The first-order valence-electron chi connectivity index (χ1n) is 7.24. The predicted octanol–water partition coefficient (Wildman–Crippen LogP) is 3.28. The van der Waals surface area contributed by atoms with Crippen LogP contribution in [0.15, 0.2) is 30.3 Å². The Bertz CT molecular complexity index is 451. The third-order valence-electron chi connectivity index (χ3n) is 4.64. The Morgan fingerprint density at radius 2 is 1.90 bits per heavy atom. The molecule has 0 radical (unpaired) electrons. The smallest absolute Gasteiger partial charge is 0.328 e. The summed E-state index contributed by atoms with van der Waals surface area (Å²) in [5, 5.41) is 0. The number of halogens is 1. The van der Waals surface area contributed by atoms with Gasteiger partial charge in [0.15, 0.2) is 0 Å². The fourth-order valence-electron chi connectivity index (χ4n) is 3.62. The Morgan fingerprint density at radius 1 is 1.20 bits per heavy atom. The van der Waals surface area contributed by atoms with Crippen LogP contribution in [0.25, 0.3) is 0 Å². The number of hydrogen-bond donors (Lipinski definition) is 0. The van der Waals surface area contributed by atoms with Gasteiger partial charge in [-0.15, -0.1) is 12.4 Å². The van der Waals surface area contributed by atoms with E-state index in [1.165, 1.54) is 25.7 Å². The summed E-state index contributed by atoms with van der Waals surface area (Å²) >= 11 is 0. The third-order valence-corrected chi connectivity index (χ3v) is 4.64. The molecule has 0 N–H and O–H groups in total. The Morgan fingerprint density at radius 3 is 2.60 bits per heavy atom. The largest absolute Gasteiger partial charge is 0.425 e. The quantitative estimate of drug-likeness (QED) is 0.619. The van der Waals surface area contributed by atoms with E-state index in [1.807, 2.05) is 30.3 Å². The van der Waals surface area contributed by atoms with Gasteiger partial charge in [-0.05, 0) is 44.4 Å². The molecule has 3 nitrogen and oxygen atoms in total. The van der Waals surface area contributed by atoms with Crippen LogP contribution in [0.2, 0.25) is 0 Å². The fourth-order valence-corrected chi connectivity index (χ4v) is 3.62. The van der Waals surface area contributed by atoms with Crippen molar-refractivity contribution in [3.63, 3.8) is 0 Å². The maximum Gasteiger partial charge on any atom is 0.328 e. The van der Waals surface area contributed by atoms with Crippen molar-refractivity contribution in [2.45, 2.75) is 44.2 Å². The van der Waals surface area contributed by atoms with Gasteiger partial charge in [0.2, 0.25) is 0 Å². The minimum absolute atomic E-state index is 0. The number of benzene rings is 1. The average Bonchev–Trinajstić information content (AvgIpc) is 2.78. The van der Waals surface area contributed by atoms with Crippen molar-refractivity contribution in [2.24, 2.45) is 5.92 Å². The second-order valence-electron chi connectivity index (χ2n) is 5.76. The SMILES string of the molecule is CN1C(C(=O)Oc2ccccc2)CC2CCCCC21.Cl. The van der Waals surface area contributed by atoms with E-state index in [-0.39, 0.29) is 24.4 Å². The number of para-hydroxylation sites is 1. The molecule has 1 saturated heterocycles. The van der Waals surface area contributed by atoms with Crippen molar-refractivity contribution in [2.75, 3.05) is 7.05 Å². The number of carbonyl (C=O) groups excluding carboxylic acids is 1. The van der Waals surface area contributed by atoms with E-state index < -0.39 is 0 Å². The molecule has 0 aromatic heterocycles. The standard InChI is InChI=1S/C16H21NO2.ClH/c1-17-14-10-6-5-7-12(14)11-15(17)16(18)19-13-8-3-2-4-9-13;/h2-4,8-9,12,14-15H,5-7,10-11H2,1H3;1H. The lowest BCUT2D eigenvalue weighted by molar-refractivity contribution is -0.139. The zero-order valence-corrected chi connectivity index (χ0v) is 12.6. The number of hydrogen-bond acceptors (Lipinski definition) is 3. The van der Waals surface area contributed by atoms with Crippen molar-refractivity contribution in [1.29, 1.82) is 0 Å². The lowest BCUT2D eigenvalue weighted by Gasteiger charge is -2.30. The van der Waals surface area contributed by atoms with Crippen LogP contribution < -0.4 is 4.74 Å². The summed E-state index contributed by atoms with van der Waals surface area (Å²) in [5.41, 5.74) is 0. The van der Waals surface area contributed by atoms with Crippen LogP contribution in [-0.4, -0.2) is 30.0 Å². The van der Waals surface area contributed by atoms with E-state index in [4.69, 9.17) is 4.74 Å². The molecule has 1 heterocycles. The minimum Gasteiger partial charge on any atom is -0.425 e. The van der Waals surface area contributed by atoms with Crippen LogP contribution in [0.5, 0.6) is 5.75 Å². The van der Waals surface area contributed by atoms with Gasteiger partial charge in [0, 0.05) is 6.04 Å². The highest BCUT2D eigenvalue weighted by Crippen LogP contribution is 2.39. The van der Waals surface area contributed by atoms with Gasteiger partial charge in [0.25, 0.3) is 0 Å². The molecule has 20 heavy (non-hydrogen) atoms. The van der Waals surface area contributed by atoms with Crippen LogP contribution in [0.4, 0.5) is 0 Å². The predicted molar refractivity (Wildman–Crippen MR) is 81.2 cm³/mol. The van der Waals surface area contributed by atoms with Gasteiger partial charge < -0.3 is 4.74 Å². The van der Waals surface area contributed by atoms with Gasteiger partial charge in [-0.2, -0.15) is 0 Å². The first kappa shape index (κ1) is 15.3. The number of likely N-dealkylation sites (N-methyl/N-ethyl adjacent to an activating group) is 1. The van der Waals surface area contributed by atoms with Crippen LogP contribution in [0, 0.1) is 5.92 Å². The van der Waals surface area contributed by atoms with E-state index in [0.29, 0.717) is 17.7 Å². The Labute approximate surface area is 126 Å². The molecule has 1 aromatic rings. The van der Waals surface area contributed by atoms with Crippen LogP contribution in [0.3, 0.4) is 0 Å². The molecule has 1 aromatic carbocycles. The summed E-state index contributed by atoms with van der Waals surface area (Å²) in [6.45, 7) is 0. The Kier molecular flexibility index (Phi) is 5.06. The molecule has 0 amide bonds. The van der Waals surface area contributed by atoms with Gasteiger partial charge >= 0.3 is 5.97 Å². The molecular weight excluding hydrogens is 274 g/mol. The highest BCUT2D eigenvalue weighted by molar-refractivity contribution is 5.85. The maximum absolute atomic E-state index is 12.3. The molecule has 1 saturated carbocycles. The molecule has 3 atom stereocenters. The number of likely N-dealkylation sites (tertiary alicyclic amines) is 1. The minimum atomic E-state index is -0.0944. The number of nitrogens with zero attached hydrogens (tertiary/aromatic N) is 1. The molecule has 0 spiro atoms. The van der Waals surface area contributed by atoms with E-state index in [0.717, 1.165) is 6.42 Å². The molecular formula is C16H22ClNO2. The zero-order chi connectivity index (χ0) is 13.2. The van der Waals surface area contributed by atoms with Crippen LogP contribution in [0.1, 0.15) is 32.1 Å². The highest BCUT2D eigenvalue weighted by atomic mass is 35.5. The lowest BCUT2D eigenvalue weighted by Crippen LogP contribution is -2.40. The van der Waals surface area contributed by atoms with Crippen molar-refractivity contribution < 1.29 is 9.53 Å². The molecule has 4 heteroatoms. The lowest BCUT2D eigenvalue weighted by atomic mass is 9.85. The molecule has 1 aliphatic heterocycles. The Balaban J connectivity index is 0.00000147. The van der Waals surface area contributed by atoms with E-state index in [9.17, 15) is 4.79 Å². The van der Waals surface area contributed by atoms with Crippen molar-refractivity contribution in [1.82, 2.24) is 4.90 Å². The fraction of sp³-hybridized carbons (Fsp3) is 0.562.